The molecule has 0 radical (unpaired) electrons. The zero-order valence-corrected chi connectivity index (χ0v) is 17.4. The average molecular weight is 403 g/mol. The number of rotatable bonds is 6. The first-order valence-electron chi connectivity index (χ1n) is 10.1. The standard InChI is InChI=1S/C24H25N3O3/c1-14-11-15(2)20(16(3)12-14)26-19(28)13-25-23(29)21-22(17-9-10-17)30-24(27-21)18-7-5-4-6-8-18/h4-8,11-12,17H,9-10,13H2,1-3H3,(H,25,29)(H,26,28). The maximum absolute atomic E-state index is 12.8. The van der Waals surface area contributed by atoms with Crippen LogP contribution < -0.4 is 10.6 Å². The van der Waals surface area contributed by atoms with Gasteiger partial charge in [-0.2, -0.15) is 0 Å². The van der Waals surface area contributed by atoms with E-state index >= 15 is 0 Å². The van der Waals surface area contributed by atoms with Gasteiger partial charge in [-0.15, -0.1) is 0 Å². The Kier molecular flexibility index (Phi) is 5.40. The number of aryl methyl sites for hydroxylation is 3. The number of nitrogens with zero attached hydrogens (tertiary/aromatic N) is 1. The highest BCUT2D eigenvalue weighted by atomic mass is 16.4. The summed E-state index contributed by atoms with van der Waals surface area (Å²) in [5.41, 5.74) is 5.00. The molecular weight excluding hydrogens is 378 g/mol. The first kappa shape index (κ1) is 19.9. The molecule has 3 aromatic rings. The summed E-state index contributed by atoms with van der Waals surface area (Å²) in [5, 5.41) is 5.58. The molecule has 1 fully saturated rings. The van der Waals surface area contributed by atoms with E-state index in [4.69, 9.17) is 4.42 Å². The topological polar surface area (TPSA) is 84.2 Å². The number of hydrogen-bond donors (Lipinski definition) is 2. The predicted molar refractivity (Wildman–Crippen MR) is 116 cm³/mol. The van der Waals surface area contributed by atoms with Gasteiger partial charge >= 0.3 is 0 Å². The number of benzene rings is 2. The lowest BCUT2D eigenvalue weighted by Gasteiger charge is -2.13. The summed E-state index contributed by atoms with van der Waals surface area (Å²) in [6.45, 7) is 5.79. The largest absolute Gasteiger partial charge is 0.440 e. The molecule has 6 heteroatoms. The third kappa shape index (κ3) is 4.27. The molecule has 0 saturated heterocycles. The fourth-order valence-corrected chi connectivity index (χ4v) is 3.63. The van der Waals surface area contributed by atoms with Gasteiger partial charge in [0.15, 0.2) is 5.69 Å². The summed E-state index contributed by atoms with van der Waals surface area (Å²) < 4.78 is 5.92. The van der Waals surface area contributed by atoms with E-state index in [-0.39, 0.29) is 24.1 Å². The number of oxazole rings is 1. The van der Waals surface area contributed by atoms with E-state index in [0.29, 0.717) is 11.7 Å². The van der Waals surface area contributed by atoms with Crippen LogP contribution in [0.4, 0.5) is 5.69 Å². The number of hydrogen-bond acceptors (Lipinski definition) is 4. The van der Waals surface area contributed by atoms with Gasteiger partial charge in [0.1, 0.15) is 5.76 Å². The SMILES string of the molecule is Cc1cc(C)c(NC(=O)CNC(=O)c2nc(-c3ccccc3)oc2C2CC2)c(C)c1. The summed E-state index contributed by atoms with van der Waals surface area (Å²) in [6, 6.07) is 13.5. The zero-order chi connectivity index (χ0) is 21.3. The molecule has 0 spiro atoms. The van der Waals surface area contributed by atoms with Crippen molar-refractivity contribution in [2.24, 2.45) is 0 Å². The van der Waals surface area contributed by atoms with E-state index in [1.54, 1.807) is 0 Å². The normalized spacial score (nSPS) is 13.2. The van der Waals surface area contributed by atoms with E-state index in [9.17, 15) is 9.59 Å². The Morgan fingerprint density at radius 3 is 2.37 bits per heavy atom. The van der Waals surface area contributed by atoms with Gasteiger partial charge in [-0.3, -0.25) is 9.59 Å². The van der Waals surface area contributed by atoms with Crippen molar-refractivity contribution < 1.29 is 14.0 Å². The molecule has 0 bridgehead atoms. The molecule has 1 aromatic heterocycles. The minimum absolute atomic E-state index is 0.136. The van der Waals surface area contributed by atoms with Crippen LogP contribution in [0.1, 0.15) is 51.7 Å². The van der Waals surface area contributed by atoms with E-state index in [1.807, 2.05) is 63.2 Å². The van der Waals surface area contributed by atoms with Crippen LogP contribution in [-0.4, -0.2) is 23.3 Å². The lowest BCUT2D eigenvalue weighted by atomic mass is 10.1. The van der Waals surface area contributed by atoms with Crippen LogP contribution in [0.2, 0.25) is 0 Å². The first-order valence-corrected chi connectivity index (χ1v) is 10.1. The van der Waals surface area contributed by atoms with Crippen molar-refractivity contribution in [2.45, 2.75) is 39.5 Å². The van der Waals surface area contributed by atoms with Gasteiger partial charge in [0, 0.05) is 17.2 Å². The van der Waals surface area contributed by atoms with Crippen LogP contribution in [0.25, 0.3) is 11.5 Å². The van der Waals surface area contributed by atoms with Gasteiger partial charge in [-0.05, 0) is 56.9 Å². The minimum Gasteiger partial charge on any atom is -0.440 e. The number of anilines is 1. The van der Waals surface area contributed by atoms with Crippen molar-refractivity contribution in [3.8, 4) is 11.5 Å². The van der Waals surface area contributed by atoms with Gasteiger partial charge in [0.25, 0.3) is 5.91 Å². The van der Waals surface area contributed by atoms with E-state index in [2.05, 4.69) is 15.6 Å². The molecule has 154 valence electrons. The molecule has 0 atom stereocenters. The average Bonchev–Trinajstić information content (AvgIpc) is 3.47. The lowest BCUT2D eigenvalue weighted by Crippen LogP contribution is -2.33. The molecule has 1 aliphatic carbocycles. The monoisotopic (exact) mass is 403 g/mol. The summed E-state index contributed by atoms with van der Waals surface area (Å²) >= 11 is 0. The Hall–Kier alpha value is -3.41. The number of nitrogens with one attached hydrogen (secondary N) is 2. The Labute approximate surface area is 175 Å². The van der Waals surface area contributed by atoms with Gasteiger partial charge in [0.05, 0.1) is 6.54 Å². The molecular formula is C24H25N3O3. The molecule has 30 heavy (non-hydrogen) atoms. The molecule has 1 aliphatic rings. The second kappa shape index (κ2) is 8.14. The maximum atomic E-state index is 12.8. The molecule has 1 heterocycles. The molecule has 2 aromatic carbocycles. The van der Waals surface area contributed by atoms with E-state index < -0.39 is 5.91 Å². The number of carbonyl (C=O) groups is 2. The van der Waals surface area contributed by atoms with Crippen molar-refractivity contribution in [1.82, 2.24) is 10.3 Å². The van der Waals surface area contributed by atoms with Gasteiger partial charge in [-0.1, -0.05) is 35.9 Å². The van der Waals surface area contributed by atoms with Crippen LogP contribution in [0.15, 0.2) is 46.9 Å². The Morgan fingerprint density at radius 1 is 1.07 bits per heavy atom. The summed E-state index contributed by atoms with van der Waals surface area (Å²) in [4.78, 5) is 29.6. The number of amides is 2. The van der Waals surface area contributed by atoms with Crippen molar-refractivity contribution in [2.75, 3.05) is 11.9 Å². The van der Waals surface area contributed by atoms with Crippen molar-refractivity contribution >= 4 is 17.5 Å². The fourth-order valence-electron chi connectivity index (χ4n) is 3.63. The van der Waals surface area contributed by atoms with Crippen LogP contribution in [0, 0.1) is 20.8 Å². The second-order valence-electron chi connectivity index (χ2n) is 7.88. The Bertz CT molecular complexity index is 1080. The minimum atomic E-state index is -0.393. The second-order valence-corrected chi connectivity index (χ2v) is 7.88. The van der Waals surface area contributed by atoms with Crippen LogP contribution in [0.5, 0.6) is 0 Å². The van der Waals surface area contributed by atoms with Crippen LogP contribution in [0.3, 0.4) is 0 Å². The highest BCUT2D eigenvalue weighted by Gasteiger charge is 2.34. The van der Waals surface area contributed by atoms with Crippen molar-refractivity contribution in [3.05, 3.63) is 70.6 Å². The highest BCUT2D eigenvalue weighted by molar-refractivity contribution is 5.99. The van der Waals surface area contributed by atoms with Gasteiger partial charge in [0.2, 0.25) is 11.8 Å². The molecule has 6 nitrogen and oxygen atoms in total. The van der Waals surface area contributed by atoms with E-state index in [1.165, 1.54) is 0 Å². The molecule has 1 saturated carbocycles. The van der Waals surface area contributed by atoms with Crippen LogP contribution >= 0.6 is 0 Å². The number of aromatic nitrogens is 1. The Balaban J connectivity index is 1.45. The van der Waals surface area contributed by atoms with Gasteiger partial charge < -0.3 is 15.1 Å². The molecule has 4 rings (SSSR count). The van der Waals surface area contributed by atoms with Crippen LogP contribution in [-0.2, 0) is 4.79 Å². The maximum Gasteiger partial charge on any atom is 0.274 e. The predicted octanol–water partition coefficient (Wildman–Crippen LogP) is 4.51. The van der Waals surface area contributed by atoms with Crippen molar-refractivity contribution in [1.29, 1.82) is 0 Å². The smallest absolute Gasteiger partial charge is 0.274 e. The Morgan fingerprint density at radius 2 is 1.73 bits per heavy atom. The molecule has 2 N–H and O–H groups in total. The van der Waals surface area contributed by atoms with E-state index in [0.717, 1.165) is 40.8 Å². The summed E-state index contributed by atoms with van der Waals surface area (Å²) in [7, 11) is 0. The highest BCUT2D eigenvalue weighted by Crippen LogP contribution is 2.43. The fraction of sp³-hybridized carbons (Fsp3) is 0.292. The third-order valence-corrected chi connectivity index (χ3v) is 5.19. The molecule has 0 aliphatic heterocycles. The molecule has 0 unspecified atom stereocenters. The third-order valence-electron chi connectivity index (χ3n) is 5.19. The zero-order valence-electron chi connectivity index (χ0n) is 17.4. The number of carbonyl (C=O) groups excluding carboxylic acids is 2. The summed E-state index contributed by atoms with van der Waals surface area (Å²) in [6.07, 6.45) is 1.96. The summed E-state index contributed by atoms with van der Waals surface area (Å²) in [5.74, 6) is 0.589. The molecule has 2 amide bonds. The van der Waals surface area contributed by atoms with Gasteiger partial charge in [-0.25, -0.2) is 4.98 Å². The van der Waals surface area contributed by atoms with Crippen molar-refractivity contribution in [3.63, 3.8) is 0 Å². The lowest BCUT2D eigenvalue weighted by molar-refractivity contribution is -0.115. The quantitative estimate of drug-likeness (QED) is 0.634. The first-order chi connectivity index (χ1) is 14.4.